The molecule has 0 aromatic carbocycles. The van der Waals surface area contributed by atoms with Crippen LogP contribution in [0.2, 0.25) is 0 Å². The first-order valence-corrected chi connectivity index (χ1v) is 6.43. The van der Waals surface area contributed by atoms with E-state index < -0.39 is 18.2 Å². The molecule has 0 spiro atoms. The maximum absolute atomic E-state index is 11.9. The predicted molar refractivity (Wildman–Crippen MR) is 61.9 cm³/mol. The molecule has 0 bridgehead atoms. The summed E-state index contributed by atoms with van der Waals surface area (Å²) in [5.41, 5.74) is 0. The van der Waals surface area contributed by atoms with Gasteiger partial charge in [0.15, 0.2) is 6.10 Å². The summed E-state index contributed by atoms with van der Waals surface area (Å²) in [5, 5.41) is 21.1. The largest absolute Gasteiger partial charge is 0.479 e. The van der Waals surface area contributed by atoms with E-state index in [2.05, 4.69) is 5.32 Å². The van der Waals surface area contributed by atoms with E-state index >= 15 is 0 Å². The van der Waals surface area contributed by atoms with Gasteiger partial charge in [-0.1, -0.05) is 0 Å². The fraction of sp³-hybridized carbons (Fsp3) is 0.833. The first-order valence-electron chi connectivity index (χ1n) is 6.43. The van der Waals surface area contributed by atoms with Gasteiger partial charge in [0.25, 0.3) is 0 Å². The predicted octanol–water partition coefficient (Wildman–Crippen LogP) is 0.0383. The molecule has 2 aliphatic rings. The number of nitrogens with one attached hydrogen (secondary N) is 1. The van der Waals surface area contributed by atoms with Gasteiger partial charge in [0.1, 0.15) is 6.10 Å². The summed E-state index contributed by atoms with van der Waals surface area (Å²) in [5.74, 6) is -1.27. The summed E-state index contributed by atoms with van der Waals surface area (Å²) in [7, 11) is 0. The second kappa shape index (κ2) is 5.67. The minimum absolute atomic E-state index is 0.0197. The number of rotatable bonds is 3. The molecule has 1 heterocycles. The molecule has 6 nitrogen and oxygen atoms in total. The van der Waals surface area contributed by atoms with Gasteiger partial charge in [-0.15, -0.1) is 0 Å². The smallest absolute Gasteiger partial charge is 0.332 e. The Morgan fingerprint density at radius 3 is 2.44 bits per heavy atom. The van der Waals surface area contributed by atoms with Crippen molar-refractivity contribution < 1.29 is 24.5 Å². The summed E-state index contributed by atoms with van der Waals surface area (Å²) >= 11 is 0. The first-order chi connectivity index (χ1) is 8.56. The third-order valence-corrected chi connectivity index (χ3v) is 3.58. The highest BCUT2D eigenvalue weighted by Gasteiger charge is 2.35. The Labute approximate surface area is 105 Å². The van der Waals surface area contributed by atoms with Crippen molar-refractivity contribution in [3.63, 3.8) is 0 Å². The number of aliphatic hydroxyl groups excluding tert-OH is 1. The van der Waals surface area contributed by atoms with Crippen LogP contribution < -0.4 is 5.32 Å². The molecule has 6 heteroatoms. The lowest BCUT2D eigenvalue weighted by Gasteiger charge is -2.27. The minimum atomic E-state index is -1.02. The van der Waals surface area contributed by atoms with E-state index in [0.717, 1.165) is 19.3 Å². The van der Waals surface area contributed by atoms with E-state index in [9.17, 15) is 14.7 Å². The molecule has 0 aromatic rings. The topological polar surface area (TPSA) is 95.9 Å². The fourth-order valence-electron chi connectivity index (χ4n) is 2.60. The molecule has 18 heavy (non-hydrogen) atoms. The third-order valence-electron chi connectivity index (χ3n) is 3.58. The fourth-order valence-corrected chi connectivity index (χ4v) is 2.60. The van der Waals surface area contributed by atoms with Gasteiger partial charge in [-0.25, -0.2) is 4.79 Å². The van der Waals surface area contributed by atoms with E-state index in [0.29, 0.717) is 19.3 Å². The molecular weight excluding hydrogens is 238 g/mol. The van der Waals surface area contributed by atoms with Crippen LogP contribution in [0.1, 0.15) is 38.5 Å². The van der Waals surface area contributed by atoms with Gasteiger partial charge in [-0.2, -0.15) is 0 Å². The molecule has 1 amide bonds. The Bertz CT molecular complexity index is 332. The van der Waals surface area contributed by atoms with Gasteiger partial charge >= 0.3 is 5.97 Å². The summed E-state index contributed by atoms with van der Waals surface area (Å²) in [4.78, 5) is 22.6. The molecule has 0 aromatic heterocycles. The Morgan fingerprint density at radius 2 is 1.83 bits per heavy atom. The number of carbonyl (C=O) groups is 2. The lowest BCUT2D eigenvalue weighted by Crippen LogP contribution is -2.44. The highest BCUT2D eigenvalue weighted by atomic mass is 16.5. The summed E-state index contributed by atoms with van der Waals surface area (Å²) in [6, 6.07) is -0.0197. The van der Waals surface area contributed by atoms with Crippen LogP contribution in [0.4, 0.5) is 0 Å². The van der Waals surface area contributed by atoms with Gasteiger partial charge in [0.05, 0.1) is 6.10 Å². The number of hydrogen-bond donors (Lipinski definition) is 3. The van der Waals surface area contributed by atoms with Crippen molar-refractivity contribution in [2.75, 3.05) is 0 Å². The summed E-state index contributed by atoms with van der Waals surface area (Å²) in [6.45, 7) is 0. The zero-order valence-electron chi connectivity index (χ0n) is 10.2. The van der Waals surface area contributed by atoms with Crippen molar-refractivity contribution in [1.29, 1.82) is 0 Å². The number of ether oxygens (including phenoxy) is 1. The monoisotopic (exact) mass is 257 g/mol. The normalized spacial score (nSPS) is 36.3. The van der Waals surface area contributed by atoms with Gasteiger partial charge in [0.2, 0.25) is 5.91 Å². The Hall–Kier alpha value is -1.14. The number of amides is 1. The molecule has 1 saturated heterocycles. The molecule has 2 rings (SSSR count). The average molecular weight is 257 g/mol. The molecule has 4 atom stereocenters. The van der Waals surface area contributed by atoms with E-state index in [-0.39, 0.29) is 18.1 Å². The maximum Gasteiger partial charge on any atom is 0.332 e. The molecule has 1 aliphatic carbocycles. The van der Waals surface area contributed by atoms with Crippen LogP contribution in [0.5, 0.6) is 0 Å². The number of carbonyl (C=O) groups excluding carboxylic acids is 1. The van der Waals surface area contributed by atoms with Crippen LogP contribution in [-0.2, 0) is 14.3 Å². The maximum atomic E-state index is 11.9. The second-order valence-corrected chi connectivity index (χ2v) is 5.05. The Kier molecular flexibility index (Phi) is 4.19. The zero-order valence-corrected chi connectivity index (χ0v) is 10.2. The van der Waals surface area contributed by atoms with Crippen LogP contribution in [0.25, 0.3) is 0 Å². The lowest BCUT2D eigenvalue weighted by molar-refractivity contribution is -0.152. The molecular formula is C12H19NO5. The van der Waals surface area contributed by atoms with Crippen LogP contribution in [-0.4, -0.2) is 46.4 Å². The van der Waals surface area contributed by atoms with Gasteiger partial charge < -0.3 is 20.3 Å². The molecule has 1 saturated carbocycles. The van der Waals surface area contributed by atoms with Gasteiger partial charge in [-0.05, 0) is 38.5 Å². The third kappa shape index (κ3) is 3.20. The Morgan fingerprint density at radius 1 is 1.11 bits per heavy atom. The number of aliphatic carboxylic acids is 1. The van der Waals surface area contributed by atoms with Gasteiger partial charge in [-0.3, -0.25) is 4.79 Å². The molecule has 2 fully saturated rings. The van der Waals surface area contributed by atoms with Crippen LogP contribution in [0.15, 0.2) is 0 Å². The first kappa shape index (κ1) is 13.3. The van der Waals surface area contributed by atoms with Gasteiger partial charge in [0, 0.05) is 6.04 Å². The quantitative estimate of drug-likeness (QED) is 0.663. The van der Waals surface area contributed by atoms with Crippen molar-refractivity contribution in [2.24, 2.45) is 0 Å². The van der Waals surface area contributed by atoms with E-state index in [1.165, 1.54) is 0 Å². The van der Waals surface area contributed by atoms with Crippen molar-refractivity contribution in [3.05, 3.63) is 0 Å². The van der Waals surface area contributed by atoms with E-state index in [1.54, 1.807) is 0 Å². The molecule has 1 aliphatic heterocycles. The van der Waals surface area contributed by atoms with Crippen molar-refractivity contribution in [1.82, 2.24) is 5.32 Å². The second-order valence-electron chi connectivity index (χ2n) is 5.05. The zero-order chi connectivity index (χ0) is 13.1. The molecule has 0 radical (unpaired) electrons. The Balaban J connectivity index is 1.80. The average Bonchev–Trinajstić information content (AvgIpc) is 2.78. The number of aliphatic hydroxyl groups is 1. The lowest BCUT2D eigenvalue weighted by atomic mass is 9.93. The van der Waals surface area contributed by atoms with Crippen molar-refractivity contribution in [2.45, 2.75) is 62.9 Å². The van der Waals surface area contributed by atoms with E-state index in [1.807, 2.05) is 0 Å². The van der Waals surface area contributed by atoms with Crippen LogP contribution >= 0.6 is 0 Å². The van der Waals surface area contributed by atoms with Crippen molar-refractivity contribution >= 4 is 11.9 Å². The number of carboxylic acid groups (broad SMARTS) is 1. The molecule has 102 valence electrons. The summed E-state index contributed by atoms with van der Waals surface area (Å²) < 4.78 is 5.18. The molecule has 4 unspecified atom stereocenters. The van der Waals surface area contributed by atoms with Crippen molar-refractivity contribution in [3.8, 4) is 0 Å². The van der Waals surface area contributed by atoms with Crippen LogP contribution in [0, 0.1) is 0 Å². The molecule has 3 N–H and O–H groups in total. The highest BCUT2D eigenvalue weighted by molar-refractivity contribution is 5.82. The number of hydrogen-bond acceptors (Lipinski definition) is 4. The van der Waals surface area contributed by atoms with Crippen LogP contribution in [0.3, 0.4) is 0 Å². The minimum Gasteiger partial charge on any atom is -0.479 e. The summed E-state index contributed by atoms with van der Waals surface area (Å²) in [6.07, 6.45) is 2.06. The number of carboxylic acids is 1. The standard InChI is InChI=1S/C12H19NO5/c14-8-3-1-2-7(6-8)13-11(15)9-4-5-10(18-9)12(16)17/h7-10,14H,1-6H2,(H,13,15)(H,16,17). The SMILES string of the molecule is O=C(O)C1CCC(C(=O)NC2CCCC(O)C2)O1. The van der Waals surface area contributed by atoms with E-state index in [4.69, 9.17) is 9.84 Å². The highest BCUT2D eigenvalue weighted by Crippen LogP contribution is 2.22.